The van der Waals surface area contributed by atoms with E-state index in [9.17, 15) is 24.3 Å². The Kier molecular flexibility index (Phi) is 10.9. The number of amides is 4. The summed E-state index contributed by atoms with van der Waals surface area (Å²) in [6.07, 6.45) is 3.58. The maximum atomic E-state index is 13.5. The molecule has 10 nitrogen and oxygen atoms in total. The predicted octanol–water partition coefficient (Wildman–Crippen LogP) is 2.84. The van der Waals surface area contributed by atoms with Gasteiger partial charge in [0.15, 0.2) is 6.10 Å². The molecule has 1 aromatic rings. The van der Waals surface area contributed by atoms with Gasteiger partial charge in [0, 0.05) is 29.4 Å². The molecule has 1 aromatic carbocycles. The number of hydrogen-bond donors (Lipinski definition) is 5. The topological polar surface area (TPSA) is 146 Å². The molecule has 41 heavy (non-hydrogen) atoms. The average molecular weight is 591 g/mol. The van der Waals surface area contributed by atoms with Gasteiger partial charge in [-0.1, -0.05) is 37.6 Å². The maximum Gasteiger partial charge on any atom is 0.408 e. The van der Waals surface area contributed by atoms with Gasteiger partial charge >= 0.3 is 6.09 Å². The molecular formula is C30H43ClN4O6. The molecule has 2 saturated carbocycles. The maximum absolute atomic E-state index is 13.5. The largest absolute Gasteiger partial charge is 0.446 e. The van der Waals surface area contributed by atoms with Crippen LogP contribution in [0.3, 0.4) is 0 Å². The van der Waals surface area contributed by atoms with Gasteiger partial charge in [-0.25, -0.2) is 4.79 Å². The smallest absolute Gasteiger partial charge is 0.408 e. The number of aliphatic hydroxyl groups excluding tert-OH is 1. The fourth-order valence-corrected chi connectivity index (χ4v) is 6.01. The summed E-state index contributed by atoms with van der Waals surface area (Å²) in [6, 6.07) is 5.77. The van der Waals surface area contributed by atoms with Gasteiger partial charge in [0.1, 0.15) is 12.1 Å². The first-order chi connectivity index (χ1) is 19.6. The molecule has 3 fully saturated rings. The van der Waals surface area contributed by atoms with Crippen molar-refractivity contribution in [2.45, 2.75) is 102 Å². The molecule has 4 rings (SSSR count). The van der Waals surface area contributed by atoms with Crippen LogP contribution < -0.4 is 21.3 Å². The lowest BCUT2D eigenvalue weighted by atomic mass is 9.93. The Bertz CT molecular complexity index is 1100. The van der Waals surface area contributed by atoms with Crippen molar-refractivity contribution in [1.82, 2.24) is 21.3 Å². The van der Waals surface area contributed by atoms with Crippen molar-refractivity contribution in [2.75, 3.05) is 6.54 Å². The Morgan fingerprint density at radius 3 is 2.54 bits per heavy atom. The fourth-order valence-electron chi connectivity index (χ4n) is 5.80. The minimum absolute atomic E-state index is 0.0340. The third-order valence-electron chi connectivity index (χ3n) is 8.15. The highest BCUT2D eigenvalue weighted by Crippen LogP contribution is 2.32. The summed E-state index contributed by atoms with van der Waals surface area (Å²) in [7, 11) is 0. The highest BCUT2D eigenvalue weighted by Gasteiger charge is 2.38. The van der Waals surface area contributed by atoms with Crippen LogP contribution in [0.25, 0.3) is 0 Å². The summed E-state index contributed by atoms with van der Waals surface area (Å²) < 4.78 is 5.82. The molecule has 6 atom stereocenters. The van der Waals surface area contributed by atoms with E-state index in [2.05, 4.69) is 21.3 Å². The van der Waals surface area contributed by atoms with Gasteiger partial charge < -0.3 is 31.1 Å². The van der Waals surface area contributed by atoms with Crippen LogP contribution in [-0.4, -0.2) is 65.8 Å². The molecular weight excluding hydrogens is 548 g/mol. The van der Waals surface area contributed by atoms with Crippen molar-refractivity contribution < 1.29 is 29.0 Å². The second-order valence-electron chi connectivity index (χ2n) is 12.2. The summed E-state index contributed by atoms with van der Waals surface area (Å²) in [4.78, 5) is 51.4. The zero-order valence-corrected chi connectivity index (χ0v) is 24.6. The molecule has 0 spiro atoms. The first-order valence-corrected chi connectivity index (χ1v) is 15.2. The molecule has 0 radical (unpaired) electrons. The van der Waals surface area contributed by atoms with Crippen LogP contribution in [0, 0.1) is 17.8 Å². The monoisotopic (exact) mass is 590 g/mol. The molecule has 1 saturated heterocycles. The summed E-state index contributed by atoms with van der Waals surface area (Å²) in [5.74, 6) is -1.48. The third-order valence-corrected chi connectivity index (χ3v) is 8.39. The number of carbonyl (C=O) groups is 4. The number of nitrogens with one attached hydrogen (secondary N) is 4. The standard InChI is InChI=1S/C30H43ClN4O6/c1-17(2)13-24(35-30(40)41-25-8-4-6-19(25)14-18-5-3-7-21(31)15-18)28(38)34-23(16-20-11-12-32-27(20)37)26(36)29(39)33-22-9-10-22/h3,5,7,15,17,19-20,22-26,36H,4,6,8-14,16H2,1-2H3,(H,32,37)(H,33,39)(H,34,38)(H,35,40)/t19?,20?,23-,24-,25?,26?/m0/s1. The second-order valence-corrected chi connectivity index (χ2v) is 12.6. The van der Waals surface area contributed by atoms with E-state index in [4.69, 9.17) is 16.3 Å². The first kappa shape index (κ1) is 31.1. The number of rotatable bonds is 13. The van der Waals surface area contributed by atoms with E-state index in [1.54, 1.807) is 0 Å². The molecule has 11 heteroatoms. The zero-order chi connectivity index (χ0) is 29.5. The Hall–Kier alpha value is -2.85. The molecule has 2 aliphatic carbocycles. The van der Waals surface area contributed by atoms with Gasteiger partial charge in [0.05, 0.1) is 6.04 Å². The lowest BCUT2D eigenvalue weighted by Gasteiger charge is -2.28. The van der Waals surface area contributed by atoms with Gasteiger partial charge in [-0.3, -0.25) is 14.4 Å². The Morgan fingerprint density at radius 1 is 1.10 bits per heavy atom. The van der Waals surface area contributed by atoms with E-state index < -0.39 is 42.0 Å². The van der Waals surface area contributed by atoms with E-state index in [1.165, 1.54) is 0 Å². The summed E-state index contributed by atoms with van der Waals surface area (Å²) in [6.45, 7) is 4.38. The van der Waals surface area contributed by atoms with Crippen molar-refractivity contribution in [1.29, 1.82) is 0 Å². The Morgan fingerprint density at radius 2 is 1.88 bits per heavy atom. The van der Waals surface area contributed by atoms with Crippen molar-refractivity contribution in [3.8, 4) is 0 Å². The van der Waals surface area contributed by atoms with E-state index in [0.717, 1.165) is 44.1 Å². The fraction of sp³-hybridized carbons (Fsp3) is 0.667. The molecule has 3 aliphatic rings. The molecule has 5 N–H and O–H groups in total. The van der Waals surface area contributed by atoms with Gasteiger partial charge in [-0.2, -0.15) is 0 Å². The Balaban J connectivity index is 1.38. The van der Waals surface area contributed by atoms with E-state index in [-0.39, 0.29) is 36.3 Å². The minimum Gasteiger partial charge on any atom is -0.446 e. The average Bonchev–Trinajstić information content (AvgIpc) is 3.48. The van der Waals surface area contributed by atoms with Crippen molar-refractivity contribution in [2.24, 2.45) is 17.8 Å². The molecule has 4 unspecified atom stereocenters. The Labute approximate surface area is 246 Å². The van der Waals surface area contributed by atoms with E-state index in [1.807, 2.05) is 38.1 Å². The molecule has 1 heterocycles. The second kappa shape index (κ2) is 14.4. The van der Waals surface area contributed by atoms with Crippen molar-refractivity contribution >= 4 is 35.4 Å². The van der Waals surface area contributed by atoms with Gasteiger partial charge in [0.2, 0.25) is 11.8 Å². The van der Waals surface area contributed by atoms with Crippen LogP contribution in [0.15, 0.2) is 24.3 Å². The summed E-state index contributed by atoms with van der Waals surface area (Å²) in [5.41, 5.74) is 1.08. The zero-order valence-electron chi connectivity index (χ0n) is 23.9. The predicted molar refractivity (Wildman–Crippen MR) is 154 cm³/mol. The molecule has 4 amide bonds. The number of benzene rings is 1. The number of ether oxygens (including phenoxy) is 1. The molecule has 226 valence electrons. The highest BCUT2D eigenvalue weighted by molar-refractivity contribution is 6.30. The van der Waals surface area contributed by atoms with Crippen molar-refractivity contribution in [3.63, 3.8) is 0 Å². The molecule has 0 bridgehead atoms. The van der Waals surface area contributed by atoms with Gasteiger partial charge in [-0.05, 0) is 81.4 Å². The van der Waals surface area contributed by atoms with Crippen LogP contribution in [0.1, 0.15) is 70.8 Å². The lowest BCUT2D eigenvalue weighted by Crippen LogP contribution is -2.56. The SMILES string of the molecule is CC(C)C[C@H](NC(=O)OC1CCCC1Cc1cccc(Cl)c1)C(=O)N[C@@H](CC1CCNC1=O)C(O)C(=O)NC1CC1. The van der Waals surface area contributed by atoms with E-state index in [0.29, 0.717) is 24.4 Å². The first-order valence-electron chi connectivity index (χ1n) is 14.9. The molecule has 1 aliphatic heterocycles. The minimum atomic E-state index is -1.52. The van der Waals surface area contributed by atoms with Crippen molar-refractivity contribution in [3.05, 3.63) is 34.9 Å². The lowest BCUT2D eigenvalue weighted by molar-refractivity contribution is -0.134. The van der Waals surface area contributed by atoms with Crippen LogP contribution in [0.5, 0.6) is 0 Å². The number of aliphatic hydroxyl groups is 1. The molecule has 0 aromatic heterocycles. The van der Waals surface area contributed by atoms with Crippen LogP contribution in [-0.2, 0) is 25.5 Å². The van der Waals surface area contributed by atoms with Gasteiger partial charge in [0.25, 0.3) is 5.91 Å². The summed E-state index contributed by atoms with van der Waals surface area (Å²) >= 11 is 6.14. The van der Waals surface area contributed by atoms with Gasteiger partial charge in [-0.15, -0.1) is 0 Å². The quantitative estimate of drug-likeness (QED) is 0.239. The number of halogens is 1. The van der Waals surface area contributed by atoms with Crippen LogP contribution >= 0.6 is 11.6 Å². The third kappa shape index (κ3) is 9.33. The van der Waals surface area contributed by atoms with Crippen LogP contribution in [0.4, 0.5) is 4.79 Å². The van der Waals surface area contributed by atoms with E-state index >= 15 is 0 Å². The number of alkyl carbamates (subject to hydrolysis) is 1. The normalized spacial score (nSPS) is 24.3. The number of carbonyl (C=O) groups excluding carboxylic acids is 4. The summed E-state index contributed by atoms with van der Waals surface area (Å²) in [5, 5.41) is 22.6. The van der Waals surface area contributed by atoms with Crippen LogP contribution in [0.2, 0.25) is 5.02 Å². The number of hydrogen-bond acceptors (Lipinski definition) is 6. The highest BCUT2D eigenvalue weighted by atomic mass is 35.5.